The van der Waals surface area contributed by atoms with E-state index in [2.05, 4.69) is 44.0 Å². The number of piperazine rings is 1. The Kier molecular flexibility index (Phi) is 9.65. The molecule has 9 nitrogen and oxygen atoms in total. The molecule has 3 aromatic carbocycles. The van der Waals surface area contributed by atoms with Crippen molar-refractivity contribution in [3.05, 3.63) is 89.7 Å². The Morgan fingerprint density at radius 1 is 1.05 bits per heavy atom. The lowest BCUT2D eigenvalue weighted by molar-refractivity contribution is -0.111. The van der Waals surface area contributed by atoms with Crippen LogP contribution in [0.3, 0.4) is 0 Å². The topological polar surface area (TPSA) is 91.8 Å². The van der Waals surface area contributed by atoms with Crippen molar-refractivity contribution in [3.63, 3.8) is 0 Å². The average molecular weight is 609 g/mol. The molecule has 43 heavy (non-hydrogen) atoms. The standard InChI is InChI=1S/C31H31ClF2N6O3/c1-3-30(41)37-27-14-22-25(17-29(27)42-12-11-40-9-7-39(2)8-10-40)35-19-36-31(22)38-26-15-23(32)28(16-24(26)34)43-18-20-5-4-6-21(33)13-20/h3-6,13-17,19H,1,7-12,18H2,2H3,(H,37,41)(H,35,36,38). The van der Waals surface area contributed by atoms with E-state index < -0.39 is 17.5 Å². The van der Waals surface area contributed by atoms with E-state index in [-0.39, 0.29) is 28.9 Å². The molecule has 0 atom stereocenters. The Hall–Kier alpha value is -4.32. The van der Waals surface area contributed by atoms with Crippen LogP contribution in [0, 0.1) is 11.6 Å². The molecule has 4 aromatic rings. The third kappa shape index (κ3) is 7.75. The van der Waals surface area contributed by atoms with Gasteiger partial charge in [0.1, 0.15) is 48.5 Å². The molecule has 1 aliphatic rings. The Bertz CT molecular complexity index is 1630. The number of ether oxygens (including phenoxy) is 2. The second-order valence-corrected chi connectivity index (χ2v) is 10.5. The van der Waals surface area contributed by atoms with Crippen LogP contribution in [0.2, 0.25) is 5.02 Å². The number of aromatic nitrogens is 2. The van der Waals surface area contributed by atoms with Gasteiger partial charge in [-0.05, 0) is 43.0 Å². The first-order valence-corrected chi connectivity index (χ1v) is 14.1. The van der Waals surface area contributed by atoms with Gasteiger partial charge >= 0.3 is 0 Å². The number of nitrogens with zero attached hydrogens (tertiary/aromatic N) is 4. The van der Waals surface area contributed by atoms with Gasteiger partial charge in [-0.3, -0.25) is 9.69 Å². The molecule has 0 spiro atoms. The largest absolute Gasteiger partial charge is 0.490 e. The number of anilines is 3. The van der Waals surface area contributed by atoms with Gasteiger partial charge in [-0.15, -0.1) is 0 Å². The number of likely N-dealkylation sites (N-methyl/N-ethyl adjacent to an activating group) is 1. The van der Waals surface area contributed by atoms with E-state index >= 15 is 4.39 Å². The van der Waals surface area contributed by atoms with Crippen LogP contribution in [0.4, 0.5) is 26.0 Å². The van der Waals surface area contributed by atoms with Crippen LogP contribution in [0.1, 0.15) is 5.56 Å². The molecule has 1 aromatic heterocycles. The number of hydrogen-bond donors (Lipinski definition) is 2. The maximum atomic E-state index is 15.2. The summed E-state index contributed by atoms with van der Waals surface area (Å²) in [6.45, 7) is 8.61. The molecule has 2 heterocycles. The number of halogens is 3. The first kappa shape index (κ1) is 30.1. The van der Waals surface area contributed by atoms with E-state index in [1.54, 1.807) is 24.3 Å². The van der Waals surface area contributed by atoms with E-state index in [1.165, 1.54) is 24.5 Å². The van der Waals surface area contributed by atoms with E-state index in [1.807, 2.05) is 0 Å². The summed E-state index contributed by atoms with van der Waals surface area (Å²) in [7, 11) is 2.10. The van der Waals surface area contributed by atoms with Gasteiger partial charge in [-0.25, -0.2) is 18.7 Å². The number of rotatable bonds is 11. The summed E-state index contributed by atoms with van der Waals surface area (Å²) in [5.41, 5.74) is 1.54. The minimum Gasteiger partial charge on any atom is -0.490 e. The lowest BCUT2D eigenvalue weighted by Gasteiger charge is -2.32. The van der Waals surface area contributed by atoms with Crippen LogP contribution in [-0.4, -0.2) is 72.1 Å². The number of fused-ring (bicyclic) bond motifs is 1. The average Bonchev–Trinajstić information content (AvgIpc) is 2.99. The van der Waals surface area contributed by atoms with Crippen molar-refractivity contribution in [2.45, 2.75) is 6.61 Å². The molecule has 224 valence electrons. The Morgan fingerprint density at radius 2 is 1.86 bits per heavy atom. The summed E-state index contributed by atoms with van der Waals surface area (Å²) >= 11 is 6.40. The maximum absolute atomic E-state index is 15.2. The van der Waals surface area contributed by atoms with Crippen LogP contribution in [0.25, 0.3) is 10.9 Å². The monoisotopic (exact) mass is 608 g/mol. The zero-order valence-corrected chi connectivity index (χ0v) is 24.3. The smallest absolute Gasteiger partial charge is 0.247 e. The van der Waals surface area contributed by atoms with Crippen LogP contribution in [0.15, 0.2) is 67.5 Å². The quantitative estimate of drug-likeness (QED) is 0.212. The lowest BCUT2D eigenvalue weighted by Crippen LogP contribution is -2.45. The van der Waals surface area contributed by atoms with Crippen molar-refractivity contribution >= 4 is 45.6 Å². The third-order valence-electron chi connectivity index (χ3n) is 7.00. The molecule has 0 unspecified atom stereocenters. The number of nitrogens with one attached hydrogen (secondary N) is 2. The van der Waals surface area contributed by atoms with Gasteiger partial charge in [0, 0.05) is 50.2 Å². The Labute approximate surface area is 253 Å². The highest BCUT2D eigenvalue weighted by Gasteiger charge is 2.17. The van der Waals surface area contributed by atoms with E-state index in [9.17, 15) is 9.18 Å². The van der Waals surface area contributed by atoms with Crippen molar-refractivity contribution in [3.8, 4) is 11.5 Å². The zero-order chi connectivity index (χ0) is 30.3. The minimum absolute atomic E-state index is 0.0131. The predicted octanol–water partition coefficient (Wildman–Crippen LogP) is 5.63. The van der Waals surface area contributed by atoms with Crippen LogP contribution in [-0.2, 0) is 11.4 Å². The van der Waals surface area contributed by atoms with Crippen LogP contribution in [0.5, 0.6) is 11.5 Å². The number of hydrogen-bond acceptors (Lipinski definition) is 8. The SMILES string of the molecule is C=CC(=O)Nc1cc2c(Nc3cc(Cl)c(OCc4cccc(F)c4)cc3F)ncnc2cc1OCCN1CCN(C)CC1. The summed E-state index contributed by atoms with van der Waals surface area (Å²) in [5.74, 6) is -0.626. The van der Waals surface area contributed by atoms with Crippen LogP contribution < -0.4 is 20.1 Å². The van der Waals surface area contributed by atoms with Crippen molar-refractivity contribution in [2.24, 2.45) is 0 Å². The number of amides is 1. The highest BCUT2D eigenvalue weighted by molar-refractivity contribution is 6.32. The molecule has 5 rings (SSSR count). The summed E-state index contributed by atoms with van der Waals surface area (Å²) in [5, 5.41) is 6.40. The normalized spacial score (nSPS) is 14.0. The summed E-state index contributed by atoms with van der Waals surface area (Å²) in [4.78, 5) is 25.5. The molecule has 1 aliphatic heterocycles. The molecule has 2 N–H and O–H groups in total. The molecule has 12 heteroatoms. The minimum atomic E-state index is -0.644. The molecular weight excluding hydrogens is 578 g/mol. The number of carbonyl (C=O) groups is 1. The van der Waals surface area contributed by atoms with Gasteiger partial charge in [0.25, 0.3) is 0 Å². The molecule has 0 radical (unpaired) electrons. The van der Waals surface area contributed by atoms with Crippen molar-refractivity contribution in [1.29, 1.82) is 0 Å². The highest BCUT2D eigenvalue weighted by atomic mass is 35.5. The van der Waals surface area contributed by atoms with Gasteiger partial charge in [-0.2, -0.15) is 0 Å². The fourth-order valence-corrected chi connectivity index (χ4v) is 4.81. The van der Waals surface area contributed by atoms with Crippen molar-refractivity contribution in [2.75, 3.05) is 57.0 Å². The second-order valence-electron chi connectivity index (χ2n) is 10.1. The van der Waals surface area contributed by atoms with Crippen molar-refractivity contribution < 1.29 is 23.0 Å². The van der Waals surface area contributed by atoms with Gasteiger partial charge in [0.2, 0.25) is 5.91 Å². The predicted molar refractivity (Wildman–Crippen MR) is 163 cm³/mol. The van der Waals surface area contributed by atoms with E-state index in [4.69, 9.17) is 21.1 Å². The number of carbonyl (C=O) groups excluding carboxylic acids is 1. The first-order valence-electron chi connectivity index (χ1n) is 13.7. The first-order chi connectivity index (χ1) is 20.8. The second kappa shape index (κ2) is 13.8. The fourth-order valence-electron chi connectivity index (χ4n) is 4.59. The fraction of sp³-hybridized carbons (Fsp3) is 0.258. The third-order valence-corrected chi connectivity index (χ3v) is 7.29. The lowest BCUT2D eigenvalue weighted by atomic mass is 10.1. The van der Waals surface area contributed by atoms with Crippen molar-refractivity contribution in [1.82, 2.24) is 19.8 Å². The van der Waals surface area contributed by atoms with Gasteiger partial charge in [-0.1, -0.05) is 30.3 Å². The Balaban J connectivity index is 1.35. The molecule has 1 saturated heterocycles. The van der Waals surface area contributed by atoms with E-state index in [0.29, 0.717) is 34.5 Å². The summed E-state index contributed by atoms with van der Waals surface area (Å²) < 4.78 is 40.4. The molecule has 0 bridgehead atoms. The molecule has 0 aliphatic carbocycles. The molecule has 1 fully saturated rings. The van der Waals surface area contributed by atoms with Gasteiger partial charge in [0.05, 0.1) is 21.9 Å². The molecular formula is C31H31ClF2N6O3. The summed E-state index contributed by atoms with van der Waals surface area (Å²) in [6.07, 6.45) is 2.50. The van der Waals surface area contributed by atoms with Gasteiger partial charge < -0.3 is 25.0 Å². The molecule has 1 amide bonds. The maximum Gasteiger partial charge on any atom is 0.247 e. The highest BCUT2D eigenvalue weighted by Crippen LogP contribution is 2.36. The zero-order valence-electron chi connectivity index (χ0n) is 23.6. The Morgan fingerprint density at radius 3 is 2.63 bits per heavy atom. The molecule has 0 saturated carbocycles. The van der Waals surface area contributed by atoms with Gasteiger partial charge in [0.15, 0.2) is 0 Å². The number of benzene rings is 3. The van der Waals surface area contributed by atoms with Crippen LogP contribution >= 0.6 is 11.6 Å². The summed E-state index contributed by atoms with van der Waals surface area (Å²) in [6, 6.07) is 11.8. The van der Waals surface area contributed by atoms with E-state index in [0.717, 1.165) is 44.9 Å².